The number of hydrogen-bond donors (Lipinski definition) is 2. The SMILES string of the molecule is Cc1cccc(NCC(O)c2ccc3ccccc3c2)c1. The first-order chi connectivity index (χ1) is 10.2. The summed E-state index contributed by atoms with van der Waals surface area (Å²) in [5.41, 5.74) is 3.18. The molecule has 1 unspecified atom stereocenters. The predicted molar refractivity (Wildman–Crippen MR) is 88.6 cm³/mol. The summed E-state index contributed by atoms with van der Waals surface area (Å²) in [6.45, 7) is 2.56. The molecule has 0 aromatic heterocycles. The van der Waals surface area contributed by atoms with Gasteiger partial charge in [-0.2, -0.15) is 0 Å². The van der Waals surface area contributed by atoms with E-state index in [2.05, 4.69) is 48.6 Å². The molecule has 0 spiro atoms. The maximum Gasteiger partial charge on any atom is 0.0962 e. The van der Waals surface area contributed by atoms with Gasteiger partial charge in [0.1, 0.15) is 0 Å². The Kier molecular flexibility index (Phi) is 3.89. The van der Waals surface area contributed by atoms with Crippen molar-refractivity contribution in [2.75, 3.05) is 11.9 Å². The molecule has 0 aliphatic heterocycles. The van der Waals surface area contributed by atoms with Crippen LogP contribution in [0.25, 0.3) is 10.8 Å². The van der Waals surface area contributed by atoms with E-state index in [9.17, 15) is 5.11 Å². The van der Waals surface area contributed by atoms with Gasteiger partial charge in [-0.05, 0) is 47.0 Å². The predicted octanol–water partition coefficient (Wildman–Crippen LogP) is 4.29. The van der Waals surface area contributed by atoms with E-state index in [1.807, 2.05) is 30.3 Å². The number of benzene rings is 3. The molecule has 106 valence electrons. The Bertz CT molecular complexity index is 751. The molecule has 3 aromatic rings. The summed E-state index contributed by atoms with van der Waals surface area (Å²) < 4.78 is 0. The van der Waals surface area contributed by atoms with Gasteiger partial charge in [-0.15, -0.1) is 0 Å². The molecule has 2 N–H and O–H groups in total. The van der Waals surface area contributed by atoms with E-state index in [4.69, 9.17) is 0 Å². The molecule has 0 radical (unpaired) electrons. The lowest BCUT2D eigenvalue weighted by Gasteiger charge is -2.14. The zero-order valence-electron chi connectivity index (χ0n) is 12.1. The van der Waals surface area contributed by atoms with Gasteiger partial charge in [0.15, 0.2) is 0 Å². The first-order valence-corrected chi connectivity index (χ1v) is 7.20. The van der Waals surface area contributed by atoms with Crippen molar-refractivity contribution in [1.29, 1.82) is 0 Å². The van der Waals surface area contributed by atoms with Gasteiger partial charge >= 0.3 is 0 Å². The van der Waals surface area contributed by atoms with E-state index in [0.717, 1.165) is 16.6 Å². The Morgan fingerprint density at radius 1 is 0.905 bits per heavy atom. The average molecular weight is 277 g/mol. The highest BCUT2D eigenvalue weighted by molar-refractivity contribution is 5.83. The molecule has 2 nitrogen and oxygen atoms in total. The number of fused-ring (bicyclic) bond motifs is 1. The average Bonchev–Trinajstić information content (AvgIpc) is 2.52. The van der Waals surface area contributed by atoms with Gasteiger partial charge in [0.2, 0.25) is 0 Å². The molecule has 0 fully saturated rings. The van der Waals surface area contributed by atoms with Crippen molar-refractivity contribution in [1.82, 2.24) is 0 Å². The summed E-state index contributed by atoms with van der Waals surface area (Å²) in [6, 6.07) is 22.5. The van der Waals surface area contributed by atoms with Crippen molar-refractivity contribution < 1.29 is 5.11 Å². The van der Waals surface area contributed by atoms with Crippen LogP contribution in [0.4, 0.5) is 5.69 Å². The summed E-state index contributed by atoms with van der Waals surface area (Å²) in [4.78, 5) is 0. The lowest BCUT2D eigenvalue weighted by molar-refractivity contribution is 0.192. The second kappa shape index (κ2) is 5.98. The molecule has 0 amide bonds. The molecule has 0 aliphatic rings. The van der Waals surface area contributed by atoms with E-state index in [0.29, 0.717) is 6.54 Å². The molecule has 0 saturated heterocycles. The molecule has 0 aliphatic carbocycles. The van der Waals surface area contributed by atoms with Gasteiger partial charge in [0.05, 0.1) is 6.10 Å². The Morgan fingerprint density at radius 3 is 2.52 bits per heavy atom. The second-order valence-electron chi connectivity index (χ2n) is 5.37. The Morgan fingerprint density at radius 2 is 1.71 bits per heavy atom. The van der Waals surface area contributed by atoms with Gasteiger partial charge in [-0.3, -0.25) is 0 Å². The smallest absolute Gasteiger partial charge is 0.0962 e. The Labute approximate surface area is 125 Å². The van der Waals surface area contributed by atoms with Gasteiger partial charge in [-0.1, -0.05) is 48.5 Å². The van der Waals surface area contributed by atoms with Crippen molar-refractivity contribution in [3.8, 4) is 0 Å². The van der Waals surface area contributed by atoms with Crippen LogP contribution in [0.5, 0.6) is 0 Å². The summed E-state index contributed by atoms with van der Waals surface area (Å²) in [5, 5.41) is 16.0. The first kappa shape index (κ1) is 13.7. The van der Waals surface area contributed by atoms with E-state index >= 15 is 0 Å². The second-order valence-corrected chi connectivity index (χ2v) is 5.37. The largest absolute Gasteiger partial charge is 0.387 e. The number of aryl methyl sites for hydroxylation is 1. The van der Waals surface area contributed by atoms with Crippen LogP contribution >= 0.6 is 0 Å². The summed E-state index contributed by atoms with van der Waals surface area (Å²) in [7, 11) is 0. The Hall–Kier alpha value is -2.32. The van der Waals surface area contributed by atoms with Crippen LogP contribution < -0.4 is 5.32 Å². The monoisotopic (exact) mass is 277 g/mol. The molecule has 0 heterocycles. The van der Waals surface area contributed by atoms with Crippen LogP contribution in [0.1, 0.15) is 17.2 Å². The molecule has 1 atom stereocenters. The molecule has 0 bridgehead atoms. The molecule has 2 heteroatoms. The topological polar surface area (TPSA) is 32.3 Å². The minimum Gasteiger partial charge on any atom is -0.387 e. The van der Waals surface area contributed by atoms with Crippen molar-refractivity contribution in [2.45, 2.75) is 13.0 Å². The highest BCUT2D eigenvalue weighted by Crippen LogP contribution is 2.21. The lowest BCUT2D eigenvalue weighted by Crippen LogP contribution is -2.12. The van der Waals surface area contributed by atoms with Gasteiger partial charge in [0, 0.05) is 12.2 Å². The van der Waals surface area contributed by atoms with Crippen molar-refractivity contribution in [2.24, 2.45) is 0 Å². The van der Waals surface area contributed by atoms with E-state index < -0.39 is 6.10 Å². The summed E-state index contributed by atoms with van der Waals surface area (Å²) >= 11 is 0. The lowest BCUT2D eigenvalue weighted by atomic mass is 10.0. The van der Waals surface area contributed by atoms with E-state index in [1.165, 1.54) is 10.9 Å². The summed E-state index contributed by atoms with van der Waals surface area (Å²) in [6.07, 6.45) is -0.518. The zero-order valence-corrected chi connectivity index (χ0v) is 12.1. The fourth-order valence-corrected chi connectivity index (χ4v) is 2.50. The minimum atomic E-state index is -0.518. The van der Waals surface area contributed by atoms with Crippen molar-refractivity contribution >= 4 is 16.5 Å². The molecule has 21 heavy (non-hydrogen) atoms. The number of aliphatic hydroxyl groups excluding tert-OH is 1. The zero-order chi connectivity index (χ0) is 14.7. The maximum atomic E-state index is 10.3. The highest BCUT2D eigenvalue weighted by Gasteiger charge is 2.08. The van der Waals surface area contributed by atoms with Crippen LogP contribution in [0, 0.1) is 6.92 Å². The van der Waals surface area contributed by atoms with Gasteiger partial charge < -0.3 is 10.4 Å². The van der Waals surface area contributed by atoms with Crippen LogP contribution in [-0.2, 0) is 0 Å². The molecule has 3 rings (SSSR count). The highest BCUT2D eigenvalue weighted by atomic mass is 16.3. The van der Waals surface area contributed by atoms with Crippen LogP contribution in [0.3, 0.4) is 0 Å². The van der Waals surface area contributed by atoms with Gasteiger partial charge in [0.25, 0.3) is 0 Å². The molecule has 3 aromatic carbocycles. The van der Waals surface area contributed by atoms with Crippen molar-refractivity contribution in [3.05, 3.63) is 77.9 Å². The third kappa shape index (κ3) is 3.23. The molecular formula is C19H19NO. The molecule has 0 saturated carbocycles. The third-order valence-electron chi connectivity index (χ3n) is 3.68. The maximum absolute atomic E-state index is 10.3. The standard InChI is InChI=1S/C19H19NO/c1-14-5-4-8-18(11-14)20-13-19(21)17-10-9-15-6-2-3-7-16(15)12-17/h2-12,19-21H,13H2,1H3. The van der Waals surface area contributed by atoms with Crippen LogP contribution in [0.15, 0.2) is 66.7 Å². The number of anilines is 1. The third-order valence-corrected chi connectivity index (χ3v) is 3.68. The number of nitrogens with one attached hydrogen (secondary N) is 1. The molecular weight excluding hydrogens is 258 g/mol. The van der Waals surface area contributed by atoms with E-state index in [-0.39, 0.29) is 0 Å². The number of rotatable bonds is 4. The summed E-state index contributed by atoms with van der Waals surface area (Å²) in [5.74, 6) is 0. The quantitative estimate of drug-likeness (QED) is 0.745. The number of aliphatic hydroxyl groups is 1. The first-order valence-electron chi connectivity index (χ1n) is 7.20. The fraction of sp³-hybridized carbons (Fsp3) is 0.158. The van der Waals surface area contributed by atoms with Crippen LogP contribution in [-0.4, -0.2) is 11.7 Å². The van der Waals surface area contributed by atoms with Crippen LogP contribution in [0.2, 0.25) is 0 Å². The van der Waals surface area contributed by atoms with Crippen molar-refractivity contribution in [3.63, 3.8) is 0 Å². The fourth-order valence-electron chi connectivity index (χ4n) is 2.50. The van der Waals surface area contributed by atoms with E-state index in [1.54, 1.807) is 0 Å². The normalized spacial score (nSPS) is 12.3. The Balaban J connectivity index is 1.73. The number of hydrogen-bond acceptors (Lipinski definition) is 2. The van der Waals surface area contributed by atoms with Gasteiger partial charge in [-0.25, -0.2) is 0 Å². The minimum absolute atomic E-state index is 0.502.